The van der Waals surface area contributed by atoms with Crippen LogP contribution in [0.25, 0.3) is 22.2 Å². The van der Waals surface area contributed by atoms with Crippen molar-refractivity contribution in [2.75, 3.05) is 16.4 Å². The monoisotopic (exact) mass is 441 g/mol. The molecular weight excluding hydrogens is 414 g/mol. The van der Waals surface area contributed by atoms with Crippen LogP contribution in [-0.4, -0.2) is 21.2 Å². The maximum atomic E-state index is 12.3. The number of rotatable bonds is 4. The van der Waals surface area contributed by atoms with E-state index >= 15 is 0 Å². The maximum absolute atomic E-state index is 12.3. The van der Waals surface area contributed by atoms with Gasteiger partial charge < -0.3 is 16.4 Å². The second-order valence-corrected chi connectivity index (χ2v) is 7.43. The molecular formula is C25H27N7O. The van der Waals surface area contributed by atoms with Crippen LogP contribution in [0.3, 0.4) is 0 Å². The highest BCUT2D eigenvalue weighted by atomic mass is 16.2. The topological polar surface area (TPSA) is 133 Å². The zero-order chi connectivity index (χ0) is 24.0. The molecule has 0 radical (unpaired) electrons. The van der Waals surface area contributed by atoms with Crippen molar-refractivity contribution in [2.24, 2.45) is 0 Å². The number of nitrogen functional groups attached to an aromatic ring is 1. The van der Waals surface area contributed by atoms with Gasteiger partial charge in [-0.25, -0.2) is 9.78 Å². The number of fused-ring (bicyclic) bond motifs is 1. The fourth-order valence-corrected chi connectivity index (χ4v) is 3.28. The van der Waals surface area contributed by atoms with Gasteiger partial charge >= 0.3 is 6.03 Å². The molecule has 0 saturated carbocycles. The number of benzene rings is 2. The van der Waals surface area contributed by atoms with Crippen LogP contribution < -0.4 is 16.4 Å². The van der Waals surface area contributed by atoms with Crippen LogP contribution in [0.15, 0.2) is 54.6 Å². The third-order valence-corrected chi connectivity index (χ3v) is 4.87. The fourth-order valence-electron chi connectivity index (χ4n) is 3.28. The summed E-state index contributed by atoms with van der Waals surface area (Å²) in [6.07, 6.45) is 0. The number of aromatic nitrogens is 3. The number of hydrogen-bond donors (Lipinski definition) is 4. The minimum Gasteiger partial charge on any atom is -0.383 e. The summed E-state index contributed by atoms with van der Waals surface area (Å²) in [5.41, 5.74) is 11.1. The first kappa shape index (κ1) is 23.3. The van der Waals surface area contributed by atoms with E-state index in [1.165, 1.54) is 0 Å². The zero-order valence-electron chi connectivity index (χ0n) is 19.1. The second kappa shape index (κ2) is 10.3. The molecule has 2 aromatic carbocycles. The summed E-state index contributed by atoms with van der Waals surface area (Å²) in [5, 5.41) is 22.3. The van der Waals surface area contributed by atoms with Crippen molar-refractivity contribution in [1.82, 2.24) is 15.2 Å². The molecule has 8 heteroatoms. The molecule has 0 aliphatic rings. The van der Waals surface area contributed by atoms with Crippen molar-refractivity contribution in [3.8, 4) is 17.2 Å². The van der Waals surface area contributed by atoms with Crippen molar-refractivity contribution in [3.05, 3.63) is 65.9 Å². The molecule has 2 heterocycles. The lowest BCUT2D eigenvalue weighted by molar-refractivity contribution is 0.262. The van der Waals surface area contributed by atoms with Gasteiger partial charge in [-0.3, -0.25) is 5.10 Å². The number of nitrogens with zero attached hydrogens (tertiary/aromatic N) is 3. The SMILES string of the molecule is CC.CC(C)c1cc(-c2ccc(NC(=O)Nc3cccc(C#N)c3)cc2)c2c(N)[nH]nc2n1. The molecule has 0 saturated heterocycles. The van der Waals surface area contributed by atoms with Crippen molar-refractivity contribution < 1.29 is 4.79 Å². The number of nitrogens with one attached hydrogen (secondary N) is 3. The number of aromatic amines is 1. The van der Waals surface area contributed by atoms with Crippen LogP contribution in [0.4, 0.5) is 22.0 Å². The Balaban J connectivity index is 0.00000149. The van der Waals surface area contributed by atoms with Crippen LogP contribution in [0, 0.1) is 11.3 Å². The first-order valence-electron chi connectivity index (χ1n) is 10.8. The first-order chi connectivity index (χ1) is 15.9. The standard InChI is InChI=1S/C23H21N7O.C2H6/c1-13(2)19-11-18(20-21(25)29-30-22(20)28-19)15-6-8-16(9-7-15)26-23(31)27-17-5-3-4-14(10-17)12-24;1-2/h3-11,13H,1-2H3,(H2,26,27,31)(H3,25,28,29,30);1-2H3. The molecule has 4 rings (SSSR count). The van der Waals surface area contributed by atoms with Crippen molar-refractivity contribution >= 4 is 34.3 Å². The summed E-state index contributed by atoms with van der Waals surface area (Å²) >= 11 is 0. The molecule has 0 fully saturated rings. The molecule has 2 amide bonds. The minimum absolute atomic E-state index is 0.241. The molecule has 0 spiro atoms. The first-order valence-corrected chi connectivity index (χ1v) is 10.8. The highest BCUT2D eigenvalue weighted by Crippen LogP contribution is 2.33. The van der Waals surface area contributed by atoms with Crippen LogP contribution in [0.5, 0.6) is 0 Å². The van der Waals surface area contributed by atoms with E-state index in [1.807, 2.05) is 50.2 Å². The Morgan fingerprint density at radius 1 is 1.06 bits per heavy atom. The van der Waals surface area contributed by atoms with Crippen LogP contribution >= 0.6 is 0 Å². The van der Waals surface area contributed by atoms with Crippen molar-refractivity contribution in [2.45, 2.75) is 33.6 Å². The molecule has 0 atom stereocenters. The van der Waals surface area contributed by atoms with Crippen LogP contribution in [-0.2, 0) is 0 Å². The Morgan fingerprint density at radius 3 is 2.42 bits per heavy atom. The van der Waals surface area contributed by atoms with Crippen molar-refractivity contribution in [3.63, 3.8) is 0 Å². The average Bonchev–Trinajstić information content (AvgIpc) is 3.21. The lowest BCUT2D eigenvalue weighted by Gasteiger charge is -2.11. The van der Waals surface area contributed by atoms with Gasteiger partial charge in [0.15, 0.2) is 5.65 Å². The third kappa shape index (κ3) is 5.28. The molecule has 0 aliphatic heterocycles. The molecule has 8 nitrogen and oxygen atoms in total. The van der Waals surface area contributed by atoms with Crippen molar-refractivity contribution in [1.29, 1.82) is 5.26 Å². The molecule has 0 aliphatic carbocycles. The summed E-state index contributed by atoms with van der Waals surface area (Å²) in [7, 11) is 0. The fraction of sp³-hybridized carbons (Fsp3) is 0.200. The molecule has 0 bridgehead atoms. The van der Waals surface area contributed by atoms with Gasteiger partial charge in [0.1, 0.15) is 5.82 Å². The predicted octanol–water partition coefficient (Wildman–Crippen LogP) is 5.87. The van der Waals surface area contributed by atoms with E-state index in [1.54, 1.807) is 24.3 Å². The Kier molecular flexibility index (Phi) is 7.26. The van der Waals surface area contributed by atoms with Gasteiger partial charge in [0.05, 0.1) is 17.0 Å². The molecule has 5 N–H and O–H groups in total. The number of hydrogen-bond acceptors (Lipinski definition) is 5. The van der Waals surface area contributed by atoms with E-state index in [0.29, 0.717) is 28.4 Å². The third-order valence-electron chi connectivity index (χ3n) is 4.87. The Bertz CT molecular complexity index is 1300. The number of amides is 2. The number of pyridine rings is 1. The van der Waals surface area contributed by atoms with Crippen LogP contribution in [0.1, 0.15) is 44.9 Å². The van der Waals surface area contributed by atoms with E-state index in [0.717, 1.165) is 22.2 Å². The summed E-state index contributed by atoms with van der Waals surface area (Å²) in [6.45, 7) is 8.15. The van der Waals surface area contributed by atoms with E-state index in [4.69, 9.17) is 11.0 Å². The molecule has 2 aromatic heterocycles. The van der Waals surface area contributed by atoms with E-state index in [2.05, 4.69) is 39.7 Å². The van der Waals surface area contributed by atoms with Gasteiger partial charge in [-0.1, -0.05) is 45.9 Å². The number of urea groups is 1. The molecule has 4 aromatic rings. The molecule has 168 valence electrons. The highest BCUT2D eigenvalue weighted by molar-refractivity contribution is 6.01. The zero-order valence-corrected chi connectivity index (χ0v) is 19.1. The maximum Gasteiger partial charge on any atom is 0.323 e. The number of anilines is 3. The Morgan fingerprint density at radius 2 is 1.76 bits per heavy atom. The number of carbonyl (C=O) groups excluding carboxylic acids is 1. The van der Waals surface area contributed by atoms with Gasteiger partial charge in [-0.2, -0.15) is 10.4 Å². The van der Waals surface area contributed by atoms with Crippen LogP contribution in [0.2, 0.25) is 0 Å². The average molecular weight is 442 g/mol. The summed E-state index contributed by atoms with van der Waals surface area (Å²) < 4.78 is 0. The van der Waals surface area contributed by atoms with E-state index < -0.39 is 6.03 Å². The number of carbonyl (C=O) groups is 1. The molecule has 0 unspecified atom stereocenters. The Labute approximate surface area is 192 Å². The lowest BCUT2D eigenvalue weighted by atomic mass is 9.99. The number of nitriles is 1. The Hall–Kier alpha value is -4.38. The number of nitrogens with two attached hydrogens (primary N) is 1. The van der Waals surface area contributed by atoms with Gasteiger partial charge in [0.25, 0.3) is 0 Å². The van der Waals surface area contributed by atoms with E-state index in [9.17, 15) is 4.79 Å². The highest BCUT2D eigenvalue weighted by Gasteiger charge is 2.15. The quantitative estimate of drug-likeness (QED) is 0.314. The summed E-state index contributed by atoms with van der Waals surface area (Å²) in [4.78, 5) is 16.9. The van der Waals surface area contributed by atoms with Gasteiger partial charge in [0, 0.05) is 17.1 Å². The summed E-state index contributed by atoms with van der Waals surface area (Å²) in [6, 6.07) is 17.9. The normalized spacial score (nSPS) is 10.3. The number of H-pyrrole nitrogens is 1. The predicted molar refractivity (Wildman–Crippen MR) is 133 cm³/mol. The molecule has 33 heavy (non-hydrogen) atoms. The van der Waals surface area contributed by atoms with Gasteiger partial charge in [-0.05, 0) is 53.4 Å². The lowest BCUT2D eigenvalue weighted by Crippen LogP contribution is -2.19. The smallest absolute Gasteiger partial charge is 0.323 e. The minimum atomic E-state index is -0.393. The van der Waals surface area contributed by atoms with Gasteiger partial charge in [-0.15, -0.1) is 0 Å². The largest absolute Gasteiger partial charge is 0.383 e. The van der Waals surface area contributed by atoms with Gasteiger partial charge in [0.2, 0.25) is 0 Å². The second-order valence-electron chi connectivity index (χ2n) is 7.43. The summed E-state index contributed by atoms with van der Waals surface area (Å²) in [5.74, 6) is 0.708. The van der Waals surface area contributed by atoms with E-state index in [-0.39, 0.29) is 5.92 Å².